The fraction of sp³-hybridized carbons (Fsp3) is 0.500. The molecule has 0 aliphatic rings. The predicted octanol–water partition coefficient (Wildman–Crippen LogP) is 0.398. The van der Waals surface area contributed by atoms with Gasteiger partial charge < -0.3 is 15.5 Å². The second-order valence-electron chi connectivity index (χ2n) is 4.89. The molecular weight excluding hydrogens is 296 g/mol. The summed E-state index contributed by atoms with van der Waals surface area (Å²) in [6, 6.07) is -1.32. The lowest BCUT2D eigenvalue weighted by molar-refractivity contribution is -0.140. The van der Waals surface area contributed by atoms with Crippen molar-refractivity contribution in [2.75, 3.05) is 6.61 Å². The Morgan fingerprint density at radius 3 is 2.57 bits per heavy atom. The van der Waals surface area contributed by atoms with Crippen LogP contribution in [-0.4, -0.2) is 49.3 Å². The number of aromatic nitrogens is 3. The van der Waals surface area contributed by atoms with Crippen LogP contribution in [0.2, 0.25) is 0 Å². The number of hydrogen-bond acceptors (Lipinski definition) is 6. The Kier molecular flexibility index (Phi) is 4.24. The number of aryl methyl sites for hydroxylation is 1. The van der Waals surface area contributed by atoms with E-state index in [-0.39, 0.29) is 5.92 Å². The summed E-state index contributed by atoms with van der Waals surface area (Å²) >= 11 is 1.14. The Morgan fingerprint density at radius 1 is 1.38 bits per heavy atom. The number of nitrogens with one attached hydrogen (secondary N) is 1. The first-order chi connectivity index (χ1) is 9.86. The van der Waals surface area contributed by atoms with Crippen molar-refractivity contribution in [1.82, 2.24) is 19.9 Å². The molecule has 2 aromatic heterocycles. The average Bonchev–Trinajstić information content (AvgIpc) is 2.96. The highest BCUT2D eigenvalue weighted by Crippen LogP contribution is 2.25. The molecule has 3 N–H and O–H groups in total. The molecule has 1 atom stereocenters. The van der Waals surface area contributed by atoms with E-state index in [4.69, 9.17) is 10.2 Å². The van der Waals surface area contributed by atoms with E-state index in [9.17, 15) is 9.59 Å². The number of carbonyl (C=O) groups is 2. The molecule has 0 aliphatic heterocycles. The minimum Gasteiger partial charge on any atom is -0.480 e. The number of fused-ring (bicyclic) bond motifs is 1. The van der Waals surface area contributed by atoms with Gasteiger partial charge in [-0.3, -0.25) is 9.20 Å². The molecular formula is C12H16N4O4S. The lowest BCUT2D eigenvalue weighted by atomic mass is 10.2. The summed E-state index contributed by atoms with van der Waals surface area (Å²) in [5, 5.41) is 28.2. The standard InChI is InChI=1S/C12H16N4O4S/c1-5(2)9-14-15-12-16(9)6(3)8(21-12)10(18)13-7(4-17)11(19)20/h5,7,17H,4H2,1-3H3,(H,13,18)(H,19,20). The number of thiazole rings is 1. The molecule has 2 rings (SSSR count). The fourth-order valence-electron chi connectivity index (χ4n) is 1.92. The monoisotopic (exact) mass is 312 g/mol. The van der Waals surface area contributed by atoms with Crippen molar-refractivity contribution < 1.29 is 19.8 Å². The number of carboxylic acids is 1. The summed E-state index contributed by atoms with van der Waals surface area (Å²) in [7, 11) is 0. The number of hydrogen-bond donors (Lipinski definition) is 3. The van der Waals surface area contributed by atoms with Crippen LogP contribution >= 0.6 is 11.3 Å². The zero-order chi connectivity index (χ0) is 15.7. The van der Waals surface area contributed by atoms with Crippen LogP contribution in [-0.2, 0) is 4.79 Å². The van der Waals surface area contributed by atoms with Crippen molar-refractivity contribution in [1.29, 1.82) is 0 Å². The molecule has 2 heterocycles. The zero-order valence-electron chi connectivity index (χ0n) is 11.8. The van der Waals surface area contributed by atoms with E-state index in [2.05, 4.69) is 15.5 Å². The predicted molar refractivity (Wildman–Crippen MR) is 75.7 cm³/mol. The van der Waals surface area contributed by atoms with Crippen LogP contribution in [0.5, 0.6) is 0 Å². The van der Waals surface area contributed by atoms with E-state index < -0.39 is 24.5 Å². The number of amides is 1. The van der Waals surface area contributed by atoms with Gasteiger partial charge in [-0.15, -0.1) is 10.2 Å². The fourth-order valence-corrected chi connectivity index (χ4v) is 2.90. The minimum atomic E-state index is -1.32. The van der Waals surface area contributed by atoms with E-state index in [1.54, 1.807) is 11.3 Å². The third kappa shape index (κ3) is 2.74. The van der Waals surface area contributed by atoms with Crippen molar-refractivity contribution in [3.63, 3.8) is 0 Å². The van der Waals surface area contributed by atoms with Crippen LogP contribution in [0.25, 0.3) is 4.96 Å². The minimum absolute atomic E-state index is 0.147. The maximum Gasteiger partial charge on any atom is 0.328 e. The Hall–Kier alpha value is -2.00. The number of aliphatic hydroxyl groups is 1. The van der Waals surface area contributed by atoms with Crippen LogP contribution in [0.15, 0.2) is 0 Å². The summed E-state index contributed by atoms with van der Waals surface area (Å²) in [5.41, 5.74) is 0.656. The summed E-state index contributed by atoms with van der Waals surface area (Å²) in [6.45, 7) is 5.03. The summed E-state index contributed by atoms with van der Waals surface area (Å²) < 4.78 is 1.79. The van der Waals surface area contributed by atoms with E-state index >= 15 is 0 Å². The summed E-state index contributed by atoms with van der Waals surface area (Å²) in [5.74, 6) is -0.934. The Morgan fingerprint density at radius 2 is 2.05 bits per heavy atom. The first-order valence-corrected chi connectivity index (χ1v) is 7.17. The van der Waals surface area contributed by atoms with Crippen molar-refractivity contribution in [3.05, 3.63) is 16.4 Å². The molecule has 0 aromatic carbocycles. The average molecular weight is 312 g/mol. The molecule has 21 heavy (non-hydrogen) atoms. The van der Waals surface area contributed by atoms with Gasteiger partial charge in [0.15, 0.2) is 6.04 Å². The number of nitrogens with zero attached hydrogens (tertiary/aromatic N) is 3. The van der Waals surface area contributed by atoms with Crippen LogP contribution in [0, 0.1) is 6.92 Å². The molecule has 0 saturated carbocycles. The molecule has 0 aliphatic carbocycles. The van der Waals surface area contributed by atoms with Gasteiger partial charge in [-0.25, -0.2) is 4.79 Å². The van der Waals surface area contributed by atoms with E-state index in [1.807, 2.05) is 13.8 Å². The van der Waals surface area contributed by atoms with Crippen molar-refractivity contribution in [2.45, 2.75) is 32.7 Å². The topological polar surface area (TPSA) is 117 Å². The number of aliphatic carboxylic acids is 1. The molecule has 0 radical (unpaired) electrons. The van der Waals surface area contributed by atoms with Crippen LogP contribution in [0.1, 0.15) is 41.0 Å². The normalized spacial score (nSPS) is 12.8. The molecule has 0 spiro atoms. The number of carbonyl (C=O) groups excluding carboxylic acids is 1. The third-order valence-corrected chi connectivity index (χ3v) is 4.16. The van der Waals surface area contributed by atoms with E-state index in [0.29, 0.717) is 15.5 Å². The van der Waals surface area contributed by atoms with Gasteiger partial charge in [-0.2, -0.15) is 0 Å². The molecule has 0 fully saturated rings. The van der Waals surface area contributed by atoms with E-state index in [0.717, 1.165) is 17.2 Å². The number of aliphatic hydroxyl groups excluding tert-OH is 1. The van der Waals surface area contributed by atoms with Gasteiger partial charge in [0.2, 0.25) is 4.96 Å². The second kappa shape index (κ2) is 5.78. The van der Waals surface area contributed by atoms with E-state index in [1.165, 1.54) is 0 Å². The zero-order valence-corrected chi connectivity index (χ0v) is 12.6. The molecule has 9 heteroatoms. The number of carboxylic acid groups (broad SMARTS) is 1. The Labute approximate surface area is 124 Å². The van der Waals surface area contributed by atoms with Gasteiger partial charge in [0.1, 0.15) is 10.7 Å². The maximum absolute atomic E-state index is 12.2. The number of rotatable bonds is 5. The molecule has 114 valence electrons. The van der Waals surface area contributed by atoms with Gasteiger partial charge in [-0.1, -0.05) is 25.2 Å². The molecule has 2 aromatic rings. The van der Waals surface area contributed by atoms with Crippen molar-refractivity contribution in [2.24, 2.45) is 0 Å². The van der Waals surface area contributed by atoms with Gasteiger partial charge in [-0.05, 0) is 6.92 Å². The highest BCUT2D eigenvalue weighted by molar-refractivity contribution is 7.19. The first-order valence-electron chi connectivity index (χ1n) is 6.35. The first kappa shape index (κ1) is 15.4. The van der Waals surface area contributed by atoms with Crippen LogP contribution in [0.4, 0.5) is 0 Å². The van der Waals surface area contributed by atoms with Gasteiger partial charge in [0, 0.05) is 11.6 Å². The molecule has 8 nitrogen and oxygen atoms in total. The van der Waals surface area contributed by atoms with Gasteiger partial charge in [0.05, 0.1) is 6.61 Å². The smallest absolute Gasteiger partial charge is 0.328 e. The summed E-state index contributed by atoms with van der Waals surface area (Å²) in [6.07, 6.45) is 0. The molecule has 0 saturated heterocycles. The third-order valence-electron chi connectivity index (χ3n) is 3.02. The van der Waals surface area contributed by atoms with Gasteiger partial charge >= 0.3 is 5.97 Å². The quantitative estimate of drug-likeness (QED) is 0.735. The lowest BCUT2D eigenvalue weighted by Gasteiger charge is -2.11. The van der Waals surface area contributed by atoms with Crippen LogP contribution in [0.3, 0.4) is 0 Å². The Bertz CT molecular complexity index is 691. The summed E-state index contributed by atoms with van der Waals surface area (Å²) in [4.78, 5) is 23.9. The van der Waals surface area contributed by atoms with Crippen molar-refractivity contribution >= 4 is 28.2 Å². The molecule has 0 bridgehead atoms. The van der Waals surface area contributed by atoms with Gasteiger partial charge in [0.25, 0.3) is 5.91 Å². The van der Waals surface area contributed by atoms with Crippen molar-refractivity contribution in [3.8, 4) is 0 Å². The second-order valence-corrected chi connectivity index (χ2v) is 5.87. The largest absolute Gasteiger partial charge is 0.480 e. The highest BCUT2D eigenvalue weighted by Gasteiger charge is 2.25. The van der Waals surface area contributed by atoms with Crippen LogP contribution < -0.4 is 5.32 Å². The highest BCUT2D eigenvalue weighted by atomic mass is 32.1. The Balaban J connectivity index is 2.36. The maximum atomic E-state index is 12.2. The lowest BCUT2D eigenvalue weighted by Crippen LogP contribution is -2.43. The molecule has 1 amide bonds. The SMILES string of the molecule is Cc1c(C(=O)NC(CO)C(=O)O)sc2nnc(C(C)C)n12. The molecule has 1 unspecified atom stereocenters.